The molecule has 1 atom stereocenters. The summed E-state index contributed by atoms with van der Waals surface area (Å²) >= 11 is 1.63. The monoisotopic (exact) mass is 236 g/mol. The highest BCUT2D eigenvalue weighted by Gasteiger charge is 2.12. The standard InChI is InChI=1S/C11H16N4S/c1-2-3-5-8(12)10-13-11(15-14-10)9-6-4-7-16-9/h4,6-8H,2-3,5,12H2,1H3,(H,13,14,15)/t8-/m0/s1. The summed E-state index contributed by atoms with van der Waals surface area (Å²) in [5, 5.41) is 9.12. The molecule has 0 bridgehead atoms. The van der Waals surface area contributed by atoms with Gasteiger partial charge in [-0.25, -0.2) is 4.98 Å². The van der Waals surface area contributed by atoms with Gasteiger partial charge in [-0.05, 0) is 17.9 Å². The summed E-state index contributed by atoms with van der Waals surface area (Å²) in [6.45, 7) is 2.16. The van der Waals surface area contributed by atoms with Gasteiger partial charge in [-0.2, -0.15) is 5.10 Å². The summed E-state index contributed by atoms with van der Waals surface area (Å²) in [5.41, 5.74) is 6.02. The Hall–Kier alpha value is -1.20. The van der Waals surface area contributed by atoms with Gasteiger partial charge in [-0.3, -0.25) is 5.10 Å². The molecule has 16 heavy (non-hydrogen) atoms. The molecule has 0 aliphatic heterocycles. The molecule has 0 aliphatic carbocycles. The molecular weight excluding hydrogens is 220 g/mol. The summed E-state index contributed by atoms with van der Waals surface area (Å²) in [7, 11) is 0. The molecule has 0 aromatic carbocycles. The van der Waals surface area contributed by atoms with Gasteiger partial charge < -0.3 is 5.73 Å². The number of unbranched alkanes of at least 4 members (excludes halogenated alkanes) is 1. The Morgan fingerprint density at radius 2 is 2.44 bits per heavy atom. The molecule has 0 fully saturated rings. The highest BCUT2D eigenvalue weighted by atomic mass is 32.1. The third-order valence-corrected chi connectivity index (χ3v) is 3.33. The normalized spacial score (nSPS) is 12.9. The Kier molecular flexibility index (Phi) is 3.69. The maximum absolute atomic E-state index is 6.02. The molecule has 3 N–H and O–H groups in total. The average molecular weight is 236 g/mol. The molecule has 2 rings (SSSR count). The van der Waals surface area contributed by atoms with Crippen molar-refractivity contribution in [2.24, 2.45) is 5.73 Å². The number of aromatic nitrogens is 3. The van der Waals surface area contributed by atoms with Crippen LogP contribution in [0.2, 0.25) is 0 Å². The number of nitrogens with two attached hydrogens (primary N) is 1. The number of aromatic amines is 1. The van der Waals surface area contributed by atoms with Crippen LogP contribution in [0.5, 0.6) is 0 Å². The van der Waals surface area contributed by atoms with E-state index >= 15 is 0 Å². The Morgan fingerprint density at radius 3 is 3.12 bits per heavy atom. The molecule has 0 aliphatic rings. The van der Waals surface area contributed by atoms with Crippen LogP contribution in [0.25, 0.3) is 10.7 Å². The first-order chi connectivity index (χ1) is 7.81. The first-order valence-corrected chi connectivity index (χ1v) is 6.41. The summed E-state index contributed by atoms with van der Waals surface area (Å²) in [6, 6.07) is 3.98. The molecule has 2 aromatic heterocycles. The molecule has 5 heteroatoms. The summed E-state index contributed by atoms with van der Waals surface area (Å²) < 4.78 is 0. The molecule has 0 amide bonds. The number of nitrogens with one attached hydrogen (secondary N) is 1. The lowest BCUT2D eigenvalue weighted by molar-refractivity contribution is 0.577. The highest BCUT2D eigenvalue weighted by molar-refractivity contribution is 7.13. The summed E-state index contributed by atoms with van der Waals surface area (Å²) in [5.74, 6) is 1.54. The second-order valence-electron chi connectivity index (χ2n) is 3.77. The van der Waals surface area contributed by atoms with Crippen LogP contribution in [0.1, 0.15) is 38.1 Å². The van der Waals surface area contributed by atoms with Crippen molar-refractivity contribution in [3.8, 4) is 10.7 Å². The minimum absolute atomic E-state index is 0.0267. The van der Waals surface area contributed by atoms with E-state index in [1.165, 1.54) is 0 Å². The van der Waals surface area contributed by atoms with E-state index in [-0.39, 0.29) is 6.04 Å². The van der Waals surface area contributed by atoms with Crippen LogP contribution >= 0.6 is 11.3 Å². The summed E-state index contributed by atoms with van der Waals surface area (Å²) in [4.78, 5) is 5.50. The fourth-order valence-electron chi connectivity index (χ4n) is 1.52. The number of thiophene rings is 1. The maximum atomic E-state index is 6.02. The third kappa shape index (κ3) is 2.48. The molecule has 0 spiro atoms. The van der Waals surface area contributed by atoms with Crippen LogP contribution < -0.4 is 5.73 Å². The Labute approximate surface area is 98.9 Å². The quantitative estimate of drug-likeness (QED) is 0.838. The van der Waals surface area contributed by atoms with Crippen molar-refractivity contribution in [3.63, 3.8) is 0 Å². The van der Waals surface area contributed by atoms with Crippen LogP contribution in [-0.4, -0.2) is 15.2 Å². The molecule has 2 heterocycles. The van der Waals surface area contributed by atoms with E-state index in [1.807, 2.05) is 17.5 Å². The molecule has 0 saturated carbocycles. The van der Waals surface area contributed by atoms with Gasteiger partial charge >= 0.3 is 0 Å². The van der Waals surface area contributed by atoms with E-state index in [1.54, 1.807) is 11.3 Å². The van der Waals surface area contributed by atoms with Gasteiger partial charge in [0.05, 0.1) is 10.9 Å². The second kappa shape index (κ2) is 5.23. The molecule has 0 unspecified atom stereocenters. The van der Waals surface area contributed by atoms with Crippen molar-refractivity contribution in [1.29, 1.82) is 0 Å². The molecule has 86 valence electrons. The Balaban J connectivity index is 2.07. The molecular formula is C11H16N4S. The number of H-pyrrole nitrogens is 1. The van der Waals surface area contributed by atoms with E-state index in [9.17, 15) is 0 Å². The molecule has 2 aromatic rings. The van der Waals surface area contributed by atoms with E-state index in [2.05, 4.69) is 22.1 Å². The predicted octanol–water partition coefficient (Wildman–Crippen LogP) is 2.72. The Bertz CT molecular complexity index is 421. The van der Waals surface area contributed by atoms with Gasteiger partial charge in [0.15, 0.2) is 5.82 Å². The second-order valence-corrected chi connectivity index (χ2v) is 4.72. The molecule has 0 saturated heterocycles. The number of nitrogens with zero attached hydrogens (tertiary/aromatic N) is 2. The van der Waals surface area contributed by atoms with Gasteiger partial charge in [0, 0.05) is 0 Å². The van der Waals surface area contributed by atoms with E-state index in [0.29, 0.717) is 0 Å². The van der Waals surface area contributed by atoms with Crippen molar-refractivity contribution in [1.82, 2.24) is 15.2 Å². The lowest BCUT2D eigenvalue weighted by Gasteiger charge is -2.05. The third-order valence-electron chi connectivity index (χ3n) is 2.46. The van der Waals surface area contributed by atoms with E-state index in [0.717, 1.165) is 35.8 Å². The van der Waals surface area contributed by atoms with Crippen LogP contribution in [0.4, 0.5) is 0 Å². The van der Waals surface area contributed by atoms with Crippen molar-refractivity contribution >= 4 is 11.3 Å². The van der Waals surface area contributed by atoms with Crippen LogP contribution in [0.3, 0.4) is 0 Å². The van der Waals surface area contributed by atoms with Crippen LogP contribution in [0, 0.1) is 0 Å². The SMILES string of the molecule is CCCC[C@H](N)c1nc(-c2cccs2)n[nH]1. The van der Waals surface area contributed by atoms with Gasteiger partial charge in [0.2, 0.25) is 0 Å². The molecule has 4 nitrogen and oxygen atoms in total. The number of hydrogen-bond acceptors (Lipinski definition) is 4. The van der Waals surface area contributed by atoms with Gasteiger partial charge in [0.1, 0.15) is 5.82 Å². The number of hydrogen-bond donors (Lipinski definition) is 2. The van der Waals surface area contributed by atoms with Crippen molar-refractivity contribution in [2.75, 3.05) is 0 Å². The van der Waals surface area contributed by atoms with Crippen molar-refractivity contribution in [3.05, 3.63) is 23.3 Å². The minimum Gasteiger partial charge on any atom is -0.321 e. The van der Waals surface area contributed by atoms with Crippen LogP contribution in [-0.2, 0) is 0 Å². The molecule has 0 radical (unpaired) electrons. The van der Waals surface area contributed by atoms with E-state index < -0.39 is 0 Å². The van der Waals surface area contributed by atoms with Gasteiger partial charge in [0.25, 0.3) is 0 Å². The Morgan fingerprint density at radius 1 is 1.56 bits per heavy atom. The van der Waals surface area contributed by atoms with Gasteiger partial charge in [-0.15, -0.1) is 11.3 Å². The zero-order chi connectivity index (χ0) is 11.4. The fraction of sp³-hybridized carbons (Fsp3) is 0.455. The zero-order valence-electron chi connectivity index (χ0n) is 9.31. The lowest BCUT2D eigenvalue weighted by Crippen LogP contribution is -2.11. The first-order valence-electron chi connectivity index (χ1n) is 5.53. The fourth-order valence-corrected chi connectivity index (χ4v) is 2.17. The summed E-state index contributed by atoms with van der Waals surface area (Å²) in [6.07, 6.45) is 3.23. The smallest absolute Gasteiger partial charge is 0.191 e. The average Bonchev–Trinajstić information content (AvgIpc) is 2.94. The minimum atomic E-state index is -0.0267. The van der Waals surface area contributed by atoms with Crippen molar-refractivity contribution < 1.29 is 0 Å². The predicted molar refractivity (Wildman–Crippen MR) is 66.1 cm³/mol. The topological polar surface area (TPSA) is 67.6 Å². The van der Waals surface area contributed by atoms with E-state index in [4.69, 9.17) is 5.73 Å². The first kappa shape index (κ1) is 11.3. The zero-order valence-corrected chi connectivity index (χ0v) is 10.1. The highest BCUT2D eigenvalue weighted by Crippen LogP contribution is 2.22. The lowest BCUT2D eigenvalue weighted by atomic mass is 10.1. The number of rotatable bonds is 5. The maximum Gasteiger partial charge on any atom is 0.191 e. The van der Waals surface area contributed by atoms with Crippen molar-refractivity contribution in [2.45, 2.75) is 32.2 Å². The van der Waals surface area contributed by atoms with Crippen LogP contribution in [0.15, 0.2) is 17.5 Å². The van der Waals surface area contributed by atoms with Gasteiger partial charge in [-0.1, -0.05) is 25.8 Å². The largest absolute Gasteiger partial charge is 0.321 e.